The average molecular weight is 1050 g/mol. The number of nitrogens with one attached hydrogen (secondary N) is 9. The van der Waals surface area contributed by atoms with Gasteiger partial charge in [-0.25, -0.2) is 4.79 Å². The van der Waals surface area contributed by atoms with Crippen LogP contribution in [0.2, 0.25) is 0 Å². The van der Waals surface area contributed by atoms with E-state index in [0.717, 1.165) is 5.56 Å². The number of rotatable bonds is 32. The number of likely N-dealkylation sites (tertiary alicyclic amines) is 1. The monoisotopic (exact) mass is 1050 g/mol. The van der Waals surface area contributed by atoms with Crippen LogP contribution in [0, 0.1) is 5.92 Å². The van der Waals surface area contributed by atoms with Gasteiger partial charge in [-0.1, -0.05) is 44.2 Å². The molecule has 27 heteroatoms. The normalized spacial score (nSPS) is 16.3. The first kappa shape index (κ1) is 62.9. The highest BCUT2D eigenvalue weighted by Gasteiger charge is 2.38. The summed E-state index contributed by atoms with van der Waals surface area (Å²) >= 11 is 0. The third-order valence-electron chi connectivity index (χ3n) is 11.6. The minimum atomic E-state index is -1.57. The maximum absolute atomic E-state index is 13.2. The molecular weight excluding hydrogens is 971 g/mol. The predicted octanol–water partition coefficient (Wildman–Crippen LogP) is -5.25. The molecule has 27 nitrogen and oxygen atoms in total. The molecule has 0 aliphatic carbocycles. The third kappa shape index (κ3) is 22.2. The Morgan fingerprint density at radius 3 is 1.77 bits per heavy atom. The summed E-state index contributed by atoms with van der Waals surface area (Å²) in [6.45, 7) is 5.76. The number of nitrogens with two attached hydrogens (primary N) is 3. The Kier molecular flexibility index (Phi) is 27.2. The summed E-state index contributed by atoms with van der Waals surface area (Å²) in [4.78, 5) is 155. The van der Waals surface area contributed by atoms with Crippen molar-refractivity contribution in [3.63, 3.8) is 0 Å². The highest BCUT2D eigenvalue weighted by Crippen LogP contribution is 2.19. The van der Waals surface area contributed by atoms with Gasteiger partial charge in [-0.05, 0) is 90.2 Å². The van der Waals surface area contributed by atoms with Crippen molar-refractivity contribution < 1.29 is 67.7 Å². The first-order valence-corrected chi connectivity index (χ1v) is 24.5. The second-order valence-corrected chi connectivity index (χ2v) is 18.4. The summed E-state index contributed by atoms with van der Waals surface area (Å²) in [6.07, 6.45) is 1.55. The molecule has 412 valence electrons. The number of unbranched alkanes of at least 4 members (excludes halogenated alkanes) is 1. The number of carboxylic acid groups (broad SMARTS) is 1. The molecule has 0 bridgehead atoms. The molecule has 74 heavy (non-hydrogen) atoms. The van der Waals surface area contributed by atoms with Crippen molar-refractivity contribution >= 4 is 70.9 Å². The number of carbonyl (C=O) groups is 12. The van der Waals surface area contributed by atoms with Crippen molar-refractivity contribution in [3.05, 3.63) is 35.9 Å². The van der Waals surface area contributed by atoms with Crippen LogP contribution in [0.25, 0.3) is 0 Å². The van der Waals surface area contributed by atoms with Crippen LogP contribution in [0.15, 0.2) is 30.3 Å². The van der Waals surface area contributed by atoms with Crippen LogP contribution in [-0.2, 0) is 64.0 Å². The van der Waals surface area contributed by atoms with Crippen molar-refractivity contribution in [2.24, 2.45) is 23.1 Å². The molecule has 9 atom stereocenters. The molecule has 1 heterocycles. The lowest BCUT2D eigenvalue weighted by Crippen LogP contribution is -2.59. The van der Waals surface area contributed by atoms with Gasteiger partial charge in [0, 0.05) is 13.0 Å². The lowest BCUT2D eigenvalue weighted by Gasteiger charge is -2.28. The number of carbonyl (C=O) groups excluding carboxylic acids is 11. The van der Waals surface area contributed by atoms with Crippen LogP contribution in [0.5, 0.6) is 0 Å². The zero-order valence-electron chi connectivity index (χ0n) is 42.5. The molecule has 0 unspecified atom stereocenters. The van der Waals surface area contributed by atoms with Gasteiger partial charge in [-0.15, -0.1) is 0 Å². The van der Waals surface area contributed by atoms with Crippen LogP contribution in [0.4, 0.5) is 0 Å². The second-order valence-electron chi connectivity index (χ2n) is 18.4. The molecule has 0 saturated carbocycles. The van der Waals surface area contributed by atoms with Crippen molar-refractivity contribution in [1.82, 2.24) is 52.8 Å². The fourth-order valence-electron chi connectivity index (χ4n) is 7.50. The number of amides is 11. The van der Waals surface area contributed by atoms with E-state index in [1.54, 1.807) is 13.8 Å². The van der Waals surface area contributed by atoms with Crippen molar-refractivity contribution in [2.75, 3.05) is 32.8 Å². The van der Waals surface area contributed by atoms with E-state index in [9.17, 15) is 67.7 Å². The fourth-order valence-corrected chi connectivity index (χ4v) is 7.50. The summed E-state index contributed by atoms with van der Waals surface area (Å²) in [7, 11) is 0. The van der Waals surface area contributed by atoms with Gasteiger partial charge in [-0.3, -0.25) is 52.7 Å². The van der Waals surface area contributed by atoms with Gasteiger partial charge in [0.25, 0.3) is 0 Å². The Balaban J connectivity index is 1.89. The SMILES string of the molecule is CC(C)C[C@H](NC(=O)CNC(=O)[C@H](CCCCN)NC(=O)CNC(=O)[C@H](C)NC(=O)[C@H](C)NC(=O)[C@H](CO)NC(=O)[C@H](C)NC(=O)[C@@H]1CCCN1C(=O)[C@@H](N)Cc1ccccc1)C(=O)N[C@@H](CCC(N)=O)C(=O)O. The molecular formula is C47H75N13O14. The lowest BCUT2D eigenvalue weighted by atomic mass is 10.0. The zero-order valence-corrected chi connectivity index (χ0v) is 42.5. The number of carboxylic acids is 1. The van der Waals surface area contributed by atoms with Crippen molar-refractivity contribution in [3.8, 4) is 0 Å². The number of aliphatic carboxylic acids is 1. The molecule has 1 aliphatic heterocycles. The van der Waals surface area contributed by atoms with Gasteiger partial charge in [-0.2, -0.15) is 0 Å². The van der Waals surface area contributed by atoms with Crippen LogP contribution in [0.3, 0.4) is 0 Å². The van der Waals surface area contributed by atoms with Crippen LogP contribution >= 0.6 is 0 Å². The summed E-state index contributed by atoms with van der Waals surface area (Å²) in [6, 6.07) is -1.90. The van der Waals surface area contributed by atoms with Gasteiger partial charge >= 0.3 is 5.97 Å². The minimum Gasteiger partial charge on any atom is -0.480 e. The Morgan fingerprint density at radius 2 is 1.19 bits per heavy atom. The molecule has 1 aromatic rings. The lowest BCUT2D eigenvalue weighted by molar-refractivity contribution is -0.142. The van der Waals surface area contributed by atoms with E-state index in [4.69, 9.17) is 17.2 Å². The molecule has 17 N–H and O–H groups in total. The van der Waals surface area contributed by atoms with Crippen molar-refractivity contribution in [1.29, 1.82) is 0 Å². The maximum Gasteiger partial charge on any atom is 0.326 e. The average Bonchev–Trinajstić information content (AvgIpc) is 3.85. The standard InChI is InChI=1S/C47H75N13O14/c1-25(2)20-33(43(69)58-32(47(73)74)16-17-36(50)62)57-38(64)23-52-42(68)31(14-9-10-18-48)56-37(63)22-51-39(65)26(3)53-40(66)27(4)54-44(70)34(24-61)59-41(67)28(5)55-45(71)35-15-11-19-60(35)46(72)30(49)21-29-12-7-6-8-13-29/h6-8,12-13,25-28,30-35,61H,9-11,14-24,48-49H2,1-5H3,(H2,50,62)(H,51,65)(H,52,68)(H,53,66)(H,54,70)(H,55,71)(H,56,63)(H,57,64)(H,58,69)(H,59,67)(H,73,74)/t26-,27-,28-,30-,31-,32-,33-,34-,35-/m0/s1. The summed E-state index contributed by atoms with van der Waals surface area (Å²) < 4.78 is 0. The summed E-state index contributed by atoms with van der Waals surface area (Å²) in [5.74, 6) is -10.2. The van der Waals surface area contributed by atoms with Gasteiger partial charge in [0.1, 0.15) is 48.3 Å². The van der Waals surface area contributed by atoms with Gasteiger partial charge in [0.15, 0.2) is 0 Å². The fraction of sp³-hybridized carbons (Fsp3) is 0.617. The number of hydrogen-bond acceptors (Lipinski definition) is 15. The largest absolute Gasteiger partial charge is 0.480 e. The van der Waals surface area contributed by atoms with E-state index < -0.39 is 145 Å². The number of nitrogens with zero attached hydrogens (tertiary/aromatic N) is 1. The molecule has 2 rings (SSSR count). The van der Waals surface area contributed by atoms with Crippen LogP contribution in [-0.4, -0.2) is 173 Å². The predicted molar refractivity (Wildman–Crippen MR) is 265 cm³/mol. The zero-order chi connectivity index (χ0) is 55.7. The summed E-state index contributed by atoms with van der Waals surface area (Å²) in [5, 5.41) is 40.9. The van der Waals surface area contributed by atoms with E-state index in [2.05, 4.69) is 47.9 Å². The molecule has 1 fully saturated rings. The smallest absolute Gasteiger partial charge is 0.326 e. The van der Waals surface area contributed by atoms with Gasteiger partial charge in [0.2, 0.25) is 65.0 Å². The third-order valence-corrected chi connectivity index (χ3v) is 11.6. The maximum atomic E-state index is 13.2. The van der Waals surface area contributed by atoms with E-state index in [0.29, 0.717) is 32.2 Å². The Labute approximate surface area is 429 Å². The Hall–Kier alpha value is -7.26. The molecule has 1 saturated heterocycles. The second kappa shape index (κ2) is 32.0. The first-order chi connectivity index (χ1) is 34.9. The van der Waals surface area contributed by atoms with Crippen LogP contribution in [0.1, 0.15) is 91.5 Å². The minimum absolute atomic E-state index is 0.0751. The number of aliphatic hydroxyl groups excluding tert-OH is 1. The number of benzene rings is 1. The van der Waals surface area contributed by atoms with E-state index >= 15 is 0 Å². The Bertz CT molecular complexity index is 2130. The van der Waals surface area contributed by atoms with Crippen LogP contribution < -0.4 is 65.1 Å². The number of primary amides is 1. The first-order valence-electron chi connectivity index (χ1n) is 24.5. The molecule has 0 aromatic heterocycles. The van der Waals surface area contributed by atoms with E-state index in [1.807, 2.05) is 30.3 Å². The topological polar surface area (TPSA) is 435 Å². The highest BCUT2D eigenvalue weighted by atomic mass is 16.4. The van der Waals surface area contributed by atoms with Crippen molar-refractivity contribution in [2.45, 2.75) is 147 Å². The number of hydrogen-bond donors (Lipinski definition) is 14. The molecule has 1 aliphatic rings. The van der Waals surface area contributed by atoms with Gasteiger partial charge < -0.3 is 80.2 Å². The molecule has 0 radical (unpaired) electrons. The Morgan fingerprint density at radius 1 is 0.649 bits per heavy atom. The highest BCUT2D eigenvalue weighted by molar-refractivity contribution is 5.98. The molecule has 11 amide bonds. The number of aliphatic hydroxyl groups is 1. The molecule has 0 spiro atoms. The van der Waals surface area contributed by atoms with E-state index in [-0.39, 0.29) is 44.6 Å². The quantitative estimate of drug-likeness (QED) is 0.0300. The van der Waals surface area contributed by atoms with Gasteiger partial charge in [0.05, 0.1) is 25.7 Å². The summed E-state index contributed by atoms with van der Waals surface area (Å²) in [5.41, 5.74) is 17.7. The van der Waals surface area contributed by atoms with E-state index in [1.165, 1.54) is 25.7 Å². The molecule has 1 aromatic carbocycles.